The molecule has 3 aromatic heterocycles. The lowest BCUT2D eigenvalue weighted by Gasteiger charge is -2.24. The largest absolute Gasteiger partial charge is 0.467 e. The summed E-state index contributed by atoms with van der Waals surface area (Å²) >= 11 is 0. The van der Waals surface area contributed by atoms with Gasteiger partial charge in [0.1, 0.15) is 12.3 Å². The van der Waals surface area contributed by atoms with Crippen LogP contribution in [-0.4, -0.2) is 49.3 Å². The Hall–Kier alpha value is -3.30. The molecule has 1 aliphatic heterocycles. The number of rotatable bonds is 8. The Kier molecular flexibility index (Phi) is 6.06. The summed E-state index contributed by atoms with van der Waals surface area (Å²) in [6, 6.07) is 9.94. The first-order chi connectivity index (χ1) is 16.0. The molecule has 0 spiro atoms. The number of H-pyrrole nitrogens is 1. The van der Waals surface area contributed by atoms with Crippen molar-refractivity contribution in [3.8, 4) is 0 Å². The maximum absolute atomic E-state index is 13.0. The van der Waals surface area contributed by atoms with Gasteiger partial charge in [-0.15, -0.1) is 5.10 Å². The van der Waals surface area contributed by atoms with E-state index < -0.39 is 0 Å². The van der Waals surface area contributed by atoms with E-state index in [0.717, 1.165) is 47.2 Å². The van der Waals surface area contributed by atoms with E-state index in [4.69, 9.17) is 9.15 Å². The number of ether oxygens (including phenoxy) is 1. The summed E-state index contributed by atoms with van der Waals surface area (Å²) in [5, 5.41) is 13.3. The van der Waals surface area contributed by atoms with Crippen LogP contribution in [0.5, 0.6) is 0 Å². The van der Waals surface area contributed by atoms with Crippen LogP contribution in [0.4, 0.5) is 0 Å². The van der Waals surface area contributed by atoms with E-state index >= 15 is 0 Å². The minimum absolute atomic E-state index is 0.0676. The molecular formula is C24H28N6O3. The third-order valence-corrected chi connectivity index (χ3v) is 6.11. The van der Waals surface area contributed by atoms with E-state index in [9.17, 15) is 4.79 Å². The third kappa shape index (κ3) is 4.89. The Labute approximate surface area is 191 Å². The van der Waals surface area contributed by atoms with E-state index in [-0.39, 0.29) is 11.7 Å². The number of aryl methyl sites for hydroxylation is 2. The average molecular weight is 449 g/mol. The van der Waals surface area contributed by atoms with E-state index in [2.05, 4.69) is 44.5 Å². The highest BCUT2D eigenvalue weighted by Crippen LogP contribution is 2.20. The zero-order valence-corrected chi connectivity index (χ0v) is 19.0. The van der Waals surface area contributed by atoms with Crippen molar-refractivity contribution in [3.05, 3.63) is 75.2 Å². The van der Waals surface area contributed by atoms with Crippen molar-refractivity contribution in [2.24, 2.45) is 0 Å². The van der Waals surface area contributed by atoms with Gasteiger partial charge in [0.15, 0.2) is 5.82 Å². The van der Waals surface area contributed by atoms with Crippen molar-refractivity contribution >= 4 is 10.9 Å². The van der Waals surface area contributed by atoms with Crippen LogP contribution in [-0.2, 0) is 24.4 Å². The van der Waals surface area contributed by atoms with E-state index in [0.29, 0.717) is 32.0 Å². The standard InChI is InChI=1S/C24H28N6O3/c1-16-9-17(2)23-18(10-16)11-19(24(31)25-23)12-29(13-20-5-3-7-32-20)15-22-26-27-28-30(22)14-21-6-4-8-33-21/h4,6,8-11,20H,3,5,7,12-15H2,1-2H3,(H,25,31). The zero-order valence-electron chi connectivity index (χ0n) is 19.0. The van der Waals surface area contributed by atoms with Crippen LogP contribution in [0, 0.1) is 13.8 Å². The first-order valence-corrected chi connectivity index (χ1v) is 11.3. The van der Waals surface area contributed by atoms with Crippen molar-refractivity contribution < 1.29 is 9.15 Å². The lowest BCUT2D eigenvalue weighted by molar-refractivity contribution is 0.0663. The quantitative estimate of drug-likeness (QED) is 0.442. The first kappa shape index (κ1) is 21.5. The molecule has 1 atom stereocenters. The van der Waals surface area contributed by atoms with Gasteiger partial charge < -0.3 is 14.1 Å². The number of aromatic nitrogens is 5. The predicted molar refractivity (Wildman–Crippen MR) is 123 cm³/mol. The summed E-state index contributed by atoms with van der Waals surface area (Å²) < 4.78 is 13.1. The van der Waals surface area contributed by atoms with Crippen LogP contribution in [0.2, 0.25) is 0 Å². The molecule has 0 saturated carbocycles. The second kappa shape index (κ2) is 9.29. The fourth-order valence-corrected chi connectivity index (χ4v) is 4.56. The minimum Gasteiger partial charge on any atom is -0.467 e. The van der Waals surface area contributed by atoms with Gasteiger partial charge in [-0.2, -0.15) is 0 Å². The first-order valence-electron chi connectivity index (χ1n) is 11.3. The summed E-state index contributed by atoms with van der Waals surface area (Å²) in [6.45, 7) is 7.01. The molecule has 1 saturated heterocycles. The summed E-state index contributed by atoms with van der Waals surface area (Å²) in [7, 11) is 0. The number of nitrogens with one attached hydrogen (secondary N) is 1. The molecule has 1 unspecified atom stereocenters. The van der Waals surface area contributed by atoms with Gasteiger partial charge in [-0.25, -0.2) is 4.68 Å². The van der Waals surface area contributed by atoms with Crippen LogP contribution in [0.1, 0.15) is 41.1 Å². The molecule has 9 nitrogen and oxygen atoms in total. The van der Waals surface area contributed by atoms with Gasteiger partial charge in [-0.1, -0.05) is 11.6 Å². The minimum atomic E-state index is -0.0676. The molecule has 1 aromatic carbocycles. The monoisotopic (exact) mass is 448 g/mol. The highest BCUT2D eigenvalue weighted by molar-refractivity contribution is 5.82. The van der Waals surface area contributed by atoms with E-state index in [1.807, 2.05) is 25.1 Å². The number of pyridine rings is 1. The van der Waals surface area contributed by atoms with E-state index in [1.165, 1.54) is 5.56 Å². The number of tetrazole rings is 1. The Morgan fingerprint density at radius 3 is 2.94 bits per heavy atom. The number of fused-ring (bicyclic) bond motifs is 1. The Balaban J connectivity index is 1.42. The Morgan fingerprint density at radius 1 is 1.24 bits per heavy atom. The zero-order chi connectivity index (χ0) is 22.8. The van der Waals surface area contributed by atoms with Gasteiger partial charge in [0.2, 0.25) is 0 Å². The summed E-state index contributed by atoms with van der Waals surface area (Å²) in [5.41, 5.74) is 3.79. The number of hydrogen-bond donors (Lipinski definition) is 1. The Bertz CT molecular complexity index is 1290. The highest BCUT2D eigenvalue weighted by Gasteiger charge is 2.22. The van der Waals surface area contributed by atoms with Crippen LogP contribution < -0.4 is 5.56 Å². The van der Waals surface area contributed by atoms with Gasteiger partial charge in [0.05, 0.1) is 24.4 Å². The van der Waals surface area contributed by atoms with Gasteiger partial charge >= 0.3 is 0 Å². The molecule has 4 aromatic rings. The summed E-state index contributed by atoms with van der Waals surface area (Å²) in [6.07, 6.45) is 3.85. The molecule has 0 bridgehead atoms. The molecule has 1 N–H and O–H groups in total. The van der Waals surface area contributed by atoms with Crippen molar-refractivity contribution in [2.45, 2.75) is 52.4 Å². The van der Waals surface area contributed by atoms with Gasteiger partial charge in [-0.05, 0) is 72.3 Å². The van der Waals surface area contributed by atoms with Gasteiger partial charge in [-0.3, -0.25) is 9.69 Å². The summed E-state index contributed by atoms with van der Waals surface area (Å²) in [5.74, 6) is 1.50. The highest BCUT2D eigenvalue weighted by atomic mass is 16.5. The van der Waals surface area contributed by atoms with Crippen LogP contribution in [0.25, 0.3) is 10.9 Å². The molecule has 0 aliphatic carbocycles. The maximum Gasteiger partial charge on any atom is 0.252 e. The van der Waals surface area contributed by atoms with Crippen LogP contribution in [0.3, 0.4) is 0 Å². The molecule has 1 aliphatic rings. The SMILES string of the molecule is Cc1cc(C)c2[nH]c(=O)c(CN(Cc3nnnn3Cc3ccco3)CC3CCCO3)cc2c1. The second-order valence-corrected chi connectivity index (χ2v) is 8.81. The summed E-state index contributed by atoms with van der Waals surface area (Å²) in [4.78, 5) is 18.2. The number of furan rings is 1. The smallest absolute Gasteiger partial charge is 0.252 e. The topological polar surface area (TPSA) is 102 Å². The van der Waals surface area contributed by atoms with Crippen molar-refractivity contribution in [1.29, 1.82) is 0 Å². The molecule has 4 heterocycles. The van der Waals surface area contributed by atoms with Crippen molar-refractivity contribution in [3.63, 3.8) is 0 Å². The molecule has 33 heavy (non-hydrogen) atoms. The lowest BCUT2D eigenvalue weighted by Crippen LogP contribution is -2.34. The molecule has 9 heteroatoms. The fraction of sp³-hybridized carbons (Fsp3) is 0.417. The molecule has 0 amide bonds. The number of hydrogen-bond acceptors (Lipinski definition) is 7. The van der Waals surface area contributed by atoms with Crippen molar-refractivity contribution in [1.82, 2.24) is 30.1 Å². The van der Waals surface area contributed by atoms with Crippen LogP contribution in [0.15, 0.2) is 45.8 Å². The molecule has 1 fully saturated rings. The second-order valence-electron chi connectivity index (χ2n) is 8.81. The number of aromatic amines is 1. The molecule has 5 rings (SSSR count). The lowest BCUT2D eigenvalue weighted by atomic mass is 10.0. The number of benzene rings is 1. The average Bonchev–Trinajstić information content (AvgIpc) is 3.54. The Morgan fingerprint density at radius 2 is 2.15 bits per heavy atom. The van der Waals surface area contributed by atoms with Crippen LogP contribution >= 0.6 is 0 Å². The van der Waals surface area contributed by atoms with E-state index in [1.54, 1.807) is 10.9 Å². The predicted octanol–water partition coefficient (Wildman–Crippen LogP) is 2.95. The third-order valence-electron chi connectivity index (χ3n) is 6.11. The molecule has 172 valence electrons. The fourth-order valence-electron chi connectivity index (χ4n) is 4.56. The normalized spacial score (nSPS) is 16.3. The van der Waals surface area contributed by atoms with Gasteiger partial charge in [0, 0.05) is 25.3 Å². The molecule has 0 radical (unpaired) electrons. The molecular weight excluding hydrogens is 420 g/mol. The maximum atomic E-state index is 13.0. The van der Waals surface area contributed by atoms with Crippen molar-refractivity contribution in [2.75, 3.05) is 13.2 Å². The number of nitrogens with zero attached hydrogens (tertiary/aromatic N) is 5. The van der Waals surface area contributed by atoms with Gasteiger partial charge in [0.25, 0.3) is 5.56 Å².